The Balaban J connectivity index is 1.41. The SMILES string of the molecule is CC(C)NCCOc1ncc(-c2cc3c(cc2F)ncc2c3[C@]3(C[C@@H](c4cccc(=O)[nH]4)C3)C(=O)N2C)cc1NS(C)(=O)=O. The van der Waals surface area contributed by atoms with Gasteiger partial charge >= 0.3 is 0 Å². The molecule has 0 bridgehead atoms. The van der Waals surface area contributed by atoms with Gasteiger partial charge in [-0.25, -0.2) is 17.8 Å². The van der Waals surface area contributed by atoms with Crippen molar-refractivity contribution in [2.24, 2.45) is 0 Å². The lowest BCUT2D eigenvalue weighted by Crippen LogP contribution is -2.48. The lowest BCUT2D eigenvalue weighted by atomic mass is 9.57. The highest BCUT2D eigenvalue weighted by Gasteiger charge is 2.59. The first-order valence-electron chi connectivity index (χ1n) is 14.3. The molecular formula is C31H33FN6O5S. The number of amides is 1. The Hall–Kier alpha value is -4.36. The molecule has 0 radical (unpaired) electrons. The zero-order chi connectivity index (χ0) is 31.4. The van der Waals surface area contributed by atoms with Crippen molar-refractivity contribution in [3.05, 3.63) is 76.2 Å². The third-order valence-electron chi connectivity index (χ3n) is 8.26. The van der Waals surface area contributed by atoms with E-state index in [2.05, 4.69) is 25.0 Å². The van der Waals surface area contributed by atoms with Crippen LogP contribution in [0.5, 0.6) is 5.88 Å². The molecule has 4 aromatic rings. The molecule has 44 heavy (non-hydrogen) atoms. The topological polar surface area (TPSA) is 146 Å². The zero-order valence-electron chi connectivity index (χ0n) is 24.8. The summed E-state index contributed by atoms with van der Waals surface area (Å²) in [5.74, 6) is -0.601. The molecule has 2 aliphatic rings. The van der Waals surface area contributed by atoms with Gasteiger partial charge in [-0.15, -0.1) is 0 Å². The Labute approximate surface area is 253 Å². The molecule has 230 valence electrons. The van der Waals surface area contributed by atoms with E-state index in [0.29, 0.717) is 41.5 Å². The highest BCUT2D eigenvalue weighted by molar-refractivity contribution is 7.92. The van der Waals surface area contributed by atoms with E-state index in [0.717, 1.165) is 17.5 Å². The van der Waals surface area contributed by atoms with E-state index in [1.54, 1.807) is 30.3 Å². The number of pyridine rings is 3. The van der Waals surface area contributed by atoms with Gasteiger partial charge in [-0.2, -0.15) is 0 Å². The van der Waals surface area contributed by atoms with Crippen LogP contribution in [0.2, 0.25) is 0 Å². The number of hydrogen-bond donors (Lipinski definition) is 3. The van der Waals surface area contributed by atoms with E-state index in [1.807, 2.05) is 19.9 Å². The van der Waals surface area contributed by atoms with Crippen LogP contribution < -0.4 is 25.2 Å². The maximum atomic E-state index is 15.7. The highest BCUT2D eigenvalue weighted by atomic mass is 32.2. The number of likely N-dealkylation sites (N-methyl/N-ethyl adjacent to an activating group) is 1. The number of hydrogen-bond acceptors (Lipinski definition) is 8. The minimum absolute atomic E-state index is 0.0209. The third kappa shape index (κ3) is 5.30. The molecule has 0 unspecified atom stereocenters. The van der Waals surface area contributed by atoms with Gasteiger partial charge in [0.2, 0.25) is 27.4 Å². The minimum Gasteiger partial charge on any atom is -0.475 e. The summed E-state index contributed by atoms with van der Waals surface area (Å²) in [6.45, 7) is 4.76. The maximum Gasteiger partial charge on any atom is 0.248 e. The van der Waals surface area contributed by atoms with E-state index in [9.17, 15) is 18.0 Å². The second kappa shape index (κ2) is 11.0. The number of halogens is 1. The maximum absolute atomic E-state index is 15.7. The number of nitrogens with one attached hydrogen (secondary N) is 3. The van der Waals surface area contributed by atoms with Crippen LogP contribution in [0.25, 0.3) is 22.0 Å². The quantitative estimate of drug-likeness (QED) is 0.240. The Morgan fingerprint density at radius 3 is 2.64 bits per heavy atom. The molecular weight excluding hydrogens is 587 g/mol. The molecule has 0 saturated heterocycles. The first-order valence-corrected chi connectivity index (χ1v) is 16.2. The fourth-order valence-corrected chi connectivity index (χ4v) is 6.83. The van der Waals surface area contributed by atoms with Gasteiger partial charge in [0.05, 0.1) is 29.1 Å². The van der Waals surface area contributed by atoms with Crippen LogP contribution >= 0.6 is 0 Å². The Bertz CT molecular complexity index is 1960. The number of fused-ring (bicyclic) bond motifs is 4. The summed E-state index contributed by atoms with van der Waals surface area (Å²) in [5.41, 5.74) is 2.11. The average molecular weight is 621 g/mol. The van der Waals surface area contributed by atoms with Crippen LogP contribution in [0.3, 0.4) is 0 Å². The zero-order valence-corrected chi connectivity index (χ0v) is 25.6. The molecule has 4 heterocycles. The Kier molecular flexibility index (Phi) is 7.41. The number of anilines is 2. The molecule has 1 amide bonds. The summed E-state index contributed by atoms with van der Waals surface area (Å²) in [4.78, 5) is 38.9. The van der Waals surface area contributed by atoms with E-state index in [-0.39, 0.29) is 47.2 Å². The predicted molar refractivity (Wildman–Crippen MR) is 166 cm³/mol. The molecule has 6 rings (SSSR count). The number of sulfonamides is 1. The second-order valence-corrected chi connectivity index (χ2v) is 13.5. The largest absolute Gasteiger partial charge is 0.475 e. The van der Waals surface area contributed by atoms with E-state index in [4.69, 9.17) is 4.74 Å². The smallest absolute Gasteiger partial charge is 0.248 e. The van der Waals surface area contributed by atoms with Crippen LogP contribution in [0.4, 0.5) is 15.8 Å². The molecule has 1 aliphatic heterocycles. The van der Waals surface area contributed by atoms with Crippen molar-refractivity contribution in [1.82, 2.24) is 20.3 Å². The number of H-pyrrole nitrogens is 1. The van der Waals surface area contributed by atoms with Crippen LogP contribution in [-0.2, 0) is 20.2 Å². The number of aromatic amines is 1. The van der Waals surface area contributed by atoms with Gasteiger partial charge in [-0.05, 0) is 31.0 Å². The van der Waals surface area contributed by atoms with E-state index in [1.165, 1.54) is 24.4 Å². The number of aromatic nitrogens is 3. The number of benzene rings is 1. The van der Waals surface area contributed by atoms with Crippen molar-refractivity contribution in [2.45, 2.75) is 44.1 Å². The van der Waals surface area contributed by atoms with E-state index >= 15 is 4.39 Å². The van der Waals surface area contributed by atoms with Crippen LogP contribution in [-0.4, -0.2) is 61.8 Å². The van der Waals surface area contributed by atoms with Crippen molar-refractivity contribution in [3.8, 4) is 17.0 Å². The standard InChI is InChI=1S/C31H33FN6O5S/c1-17(2)33-8-9-43-29-25(37-44(4,41)42)10-18(15-35-29)20-11-21-24(12-22(20)32)34-16-26-28(21)31(30(40)38(26)3)13-19(14-31)23-6-5-7-27(39)36-23/h5-7,10-12,15-17,19,33,37H,8-9,13-14H2,1-4H3,(H,36,39)/t19-,31-. The van der Waals surface area contributed by atoms with Crippen molar-refractivity contribution in [2.75, 3.05) is 36.1 Å². The number of ether oxygens (including phenoxy) is 1. The number of rotatable bonds is 9. The average Bonchev–Trinajstić information content (AvgIpc) is 3.16. The summed E-state index contributed by atoms with van der Waals surface area (Å²) in [7, 11) is -2.00. The molecule has 1 saturated carbocycles. The normalized spacial score (nSPS) is 19.5. The highest BCUT2D eigenvalue weighted by Crippen LogP contribution is 2.60. The van der Waals surface area contributed by atoms with Crippen LogP contribution in [0.15, 0.2) is 53.6 Å². The molecule has 3 aromatic heterocycles. The molecule has 13 heteroatoms. The van der Waals surface area contributed by atoms with Crippen LogP contribution in [0, 0.1) is 5.82 Å². The van der Waals surface area contributed by atoms with Gasteiger partial charge in [0.15, 0.2) is 0 Å². The lowest BCUT2D eigenvalue weighted by Gasteiger charge is -2.44. The molecule has 1 aliphatic carbocycles. The van der Waals surface area contributed by atoms with E-state index < -0.39 is 21.3 Å². The van der Waals surface area contributed by atoms with Gasteiger partial charge < -0.3 is 19.9 Å². The molecule has 11 nitrogen and oxygen atoms in total. The molecule has 1 spiro atoms. The Morgan fingerprint density at radius 2 is 1.93 bits per heavy atom. The lowest BCUT2D eigenvalue weighted by molar-refractivity contribution is -0.126. The predicted octanol–water partition coefficient (Wildman–Crippen LogP) is 3.66. The fourth-order valence-electron chi connectivity index (χ4n) is 6.28. The third-order valence-corrected chi connectivity index (χ3v) is 8.85. The van der Waals surface area contributed by atoms with Gasteiger partial charge in [0.1, 0.15) is 18.1 Å². The number of carbonyl (C=O) groups excluding carboxylic acids is 1. The summed E-state index contributed by atoms with van der Waals surface area (Å²) < 4.78 is 48.2. The summed E-state index contributed by atoms with van der Waals surface area (Å²) >= 11 is 0. The summed E-state index contributed by atoms with van der Waals surface area (Å²) in [6.07, 6.45) is 5.00. The number of nitrogens with zero attached hydrogens (tertiary/aromatic N) is 3. The van der Waals surface area contributed by atoms with Gasteiger partial charge in [0.25, 0.3) is 0 Å². The van der Waals surface area contributed by atoms with Crippen LogP contribution in [0.1, 0.15) is 43.9 Å². The van der Waals surface area contributed by atoms with Gasteiger partial charge in [-0.3, -0.25) is 19.3 Å². The van der Waals surface area contributed by atoms with Crippen molar-refractivity contribution in [1.29, 1.82) is 0 Å². The molecule has 0 atom stereocenters. The molecule has 1 aromatic carbocycles. The minimum atomic E-state index is -3.70. The van der Waals surface area contributed by atoms with Crippen molar-refractivity contribution in [3.63, 3.8) is 0 Å². The first-order chi connectivity index (χ1) is 20.9. The second-order valence-electron chi connectivity index (χ2n) is 11.8. The summed E-state index contributed by atoms with van der Waals surface area (Å²) in [6, 6.07) is 9.70. The van der Waals surface area contributed by atoms with Crippen molar-refractivity contribution >= 4 is 38.2 Å². The first kappa shape index (κ1) is 29.7. The summed E-state index contributed by atoms with van der Waals surface area (Å²) in [5, 5.41) is 3.83. The molecule has 1 fully saturated rings. The number of carbonyl (C=O) groups is 1. The fraction of sp³-hybridized carbons (Fsp3) is 0.355. The van der Waals surface area contributed by atoms with Gasteiger partial charge in [0, 0.05) is 71.7 Å². The van der Waals surface area contributed by atoms with Gasteiger partial charge in [-0.1, -0.05) is 19.9 Å². The van der Waals surface area contributed by atoms with Crippen molar-refractivity contribution < 1.29 is 22.3 Å². The Morgan fingerprint density at radius 1 is 1.16 bits per heavy atom. The monoisotopic (exact) mass is 620 g/mol. The molecule has 3 N–H and O–H groups in total.